The maximum Gasteiger partial charge on any atom is 0.127 e. The summed E-state index contributed by atoms with van der Waals surface area (Å²) in [6, 6.07) is 6.48. The number of imidazole rings is 1. The third-order valence-corrected chi connectivity index (χ3v) is 5.57. The van der Waals surface area contributed by atoms with Gasteiger partial charge in [0.25, 0.3) is 0 Å². The summed E-state index contributed by atoms with van der Waals surface area (Å²) in [7, 11) is 0. The number of aryl methyl sites for hydroxylation is 1. The molecule has 4 heteroatoms. The van der Waals surface area contributed by atoms with Gasteiger partial charge in [0.15, 0.2) is 0 Å². The van der Waals surface area contributed by atoms with E-state index in [2.05, 4.69) is 35.9 Å². The number of thioether (sulfide) groups is 1. The minimum absolute atomic E-state index is 0.0506. The lowest BCUT2D eigenvalue weighted by molar-refractivity contribution is 0.639. The second-order valence-corrected chi connectivity index (χ2v) is 7.48. The lowest BCUT2D eigenvalue weighted by Crippen LogP contribution is -2.16. The summed E-state index contributed by atoms with van der Waals surface area (Å²) in [5, 5.41) is -0.0506. The van der Waals surface area contributed by atoms with E-state index in [4.69, 9.17) is 16.6 Å². The van der Waals surface area contributed by atoms with Gasteiger partial charge < -0.3 is 4.57 Å². The number of halogens is 1. The molecule has 1 aromatic heterocycles. The van der Waals surface area contributed by atoms with Crippen molar-refractivity contribution in [3.63, 3.8) is 0 Å². The van der Waals surface area contributed by atoms with Crippen molar-refractivity contribution in [3.8, 4) is 0 Å². The van der Waals surface area contributed by atoms with Crippen molar-refractivity contribution in [3.05, 3.63) is 29.6 Å². The average Bonchev–Trinajstić information content (AvgIpc) is 3.06. The number of alkyl halides is 1. The quantitative estimate of drug-likeness (QED) is 0.771. The van der Waals surface area contributed by atoms with Crippen LogP contribution in [0.1, 0.15) is 36.5 Å². The molecule has 1 aliphatic rings. The molecular formula is C15H19ClN2S. The van der Waals surface area contributed by atoms with Crippen LogP contribution in [0.3, 0.4) is 0 Å². The van der Waals surface area contributed by atoms with Gasteiger partial charge in [-0.05, 0) is 50.6 Å². The Bertz CT molecular complexity index is 614. The van der Waals surface area contributed by atoms with Crippen molar-refractivity contribution in [2.24, 2.45) is 0 Å². The molecular weight excluding hydrogens is 276 g/mol. The Labute approximate surface area is 123 Å². The van der Waals surface area contributed by atoms with Crippen molar-refractivity contribution >= 4 is 34.4 Å². The molecule has 1 atom stereocenters. The van der Waals surface area contributed by atoms with Gasteiger partial charge in [0, 0.05) is 11.3 Å². The fourth-order valence-electron chi connectivity index (χ4n) is 2.58. The molecule has 1 fully saturated rings. The molecule has 0 aliphatic heterocycles. The molecule has 1 unspecified atom stereocenters. The van der Waals surface area contributed by atoms with E-state index >= 15 is 0 Å². The highest BCUT2D eigenvalue weighted by atomic mass is 35.5. The summed E-state index contributed by atoms with van der Waals surface area (Å²) < 4.78 is 2.75. The zero-order valence-corrected chi connectivity index (χ0v) is 13.2. The van der Waals surface area contributed by atoms with E-state index in [-0.39, 0.29) is 5.38 Å². The van der Waals surface area contributed by atoms with Crippen LogP contribution in [0, 0.1) is 6.92 Å². The molecule has 0 spiro atoms. The zero-order chi connectivity index (χ0) is 13.6. The monoisotopic (exact) mass is 294 g/mol. The minimum atomic E-state index is -0.0506. The van der Waals surface area contributed by atoms with Crippen LogP contribution in [0.5, 0.6) is 0 Å². The van der Waals surface area contributed by atoms with E-state index < -0.39 is 0 Å². The lowest BCUT2D eigenvalue weighted by atomic mass is 10.2. The summed E-state index contributed by atoms with van der Waals surface area (Å²) in [5.41, 5.74) is 3.53. The van der Waals surface area contributed by atoms with Crippen LogP contribution in [0.15, 0.2) is 18.2 Å². The van der Waals surface area contributed by atoms with Crippen molar-refractivity contribution in [2.75, 3.05) is 6.26 Å². The van der Waals surface area contributed by atoms with Crippen LogP contribution in [0.4, 0.5) is 0 Å². The van der Waals surface area contributed by atoms with E-state index in [0.29, 0.717) is 4.75 Å². The molecule has 1 aromatic carbocycles. The second-order valence-electron chi connectivity index (χ2n) is 5.55. The van der Waals surface area contributed by atoms with Crippen molar-refractivity contribution in [2.45, 2.75) is 43.4 Å². The molecule has 0 N–H and O–H groups in total. The Kier molecular flexibility index (Phi) is 3.30. The molecule has 1 aliphatic carbocycles. The summed E-state index contributed by atoms with van der Waals surface area (Å²) >= 11 is 8.30. The van der Waals surface area contributed by atoms with Crippen LogP contribution < -0.4 is 0 Å². The average molecular weight is 295 g/mol. The SMILES string of the molecule is CSC1(Cn2c(C(C)Cl)nc3cc(C)ccc32)CC1. The first-order valence-electron chi connectivity index (χ1n) is 6.71. The van der Waals surface area contributed by atoms with E-state index in [9.17, 15) is 0 Å². The Morgan fingerprint density at radius 3 is 2.79 bits per heavy atom. The van der Waals surface area contributed by atoms with Gasteiger partial charge in [-0.3, -0.25) is 0 Å². The predicted octanol–water partition coefficient (Wildman–Crippen LogP) is 4.54. The number of fused-ring (bicyclic) bond motifs is 1. The second kappa shape index (κ2) is 4.71. The van der Waals surface area contributed by atoms with Gasteiger partial charge in [0.05, 0.1) is 16.4 Å². The first-order chi connectivity index (χ1) is 9.04. The molecule has 0 radical (unpaired) electrons. The highest BCUT2D eigenvalue weighted by molar-refractivity contribution is 8.00. The molecule has 1 heterocycles. The summed E-state index contributed by atoms with van der Waals surface area (Å²) in [6.07, 6.45) is 4.81. The molecule has 102 valence electrons. The predicted molar refractivity (Wildman–Crippen MR) is 84.2 cm³/mol. The molecule has 0 amide bonds. The van der Waals surface area contributed by atoms with E-state index in [1.54, 1.807) is 0 Å². The largest absolute Gasteiger partial charge is 0.325 e. The topological polar surface area (TPSA) is 17.8 Å². The number of hydrogen-bond acceptors (Lipinski definition) is 2. The van der Waals surface area contributed by atoms with Gasteiger partial charge in [-0.2, -0.15) is 11.8 Å². The first-order valence-corrected chi connectivity index (χ1v) is 8.37. The van der Waals surface area contributed by atoms with Crippen molar-refractivity contribution in [1.82, 2.24) is 9.55 Å². The third-order valence-electron chi connectivity index (χ3n) is 3.98. The molecule has 0 bridgehead atoms. The van der Waals surface area contributed by atoms with Crippen LogP contribution in [0.25, 0.3) is 11.0 Å². The van der Waals surface area contributed by atoms with Gasteiger partial charge in [0.2, 0.25) is 0 Å². The number of aromatic nitrogens is 2. The van der Waals surface area contributed by atoms with Gasteiger partial charge in [-0.25, -0.2) is 4.98 Å². The first kappa shape index (κ1) is 13.3. The number of hydrogen-bond donors (Lipinski definition) is 0. The number of nitrogens with zero attached hydrogens (tertiary/aromatic N) is 2. The Hall–Kier alpha value is -0.670. The molecule has 3 rings (SSSR count). The normalized spacial score (nSPS) is 18.7. The van der Waals surface area contributed by atoms with Crippen LogP contribution in [-0.2, 0) is 6.54 Å². The number of benzene rings is 1. The smallest absolute Gasteiger partial charge is 0.127 e. The fraction of sp³-hybridized carbons (Fsp3) is 0.533. The Balaban J connectivity index is 2.11. The Morgan fingerprint density at radius 1 is 1.47 bits per heavy atom. The van der Waals surface area contributed by atoms with Crippen LogP contribution in [-0.4, -0.2) is 20.6 Å². The van der Waals surface area contributed by atoms with Crippen LogP contribution in [0.2, 0.25) is 0 Å². The Morgan fingerprint density at radius 2 is 2.21 bits per heavy atom. The number of rotatable bonds is 4. The van der Waals surface area contributed by atoms with Gasteiger partial charge >= 0.3 is 0 Å². The molecule has 19 heavy (non-hydrogen) atoms. The van der Waals surface area contributed by atoms with Crippen molar-refractivity contribution in [1.29, 1.82) is 0 Å². The third kappa shape index (κ3) is 2.38. The van der Waals surface area contributed by atoms with Gasteiger partial charge in [0.1, 0.15) is 5.82 Å². The maximum absolute atomic E-state index is 6.32. The van der Waals surface area contributed by atoms with Crippen molar-refractivity contribution < 1.29 is 0 Å². The molecule has 0 saturated heterocycles. The highest BCUT2D eigenvalue weighted by Gasteiger charge is 2.43. The highest BCUT2D eigenvalue weighted by Crippen LogP contribution is 2.49. The summed E-state index contributed by atoms with van der Waals surface area (Å²) in [4.78, 5) is 4.74. The summed E-state index contributed by atoms with van der Waals surface area (Å²) in [6.45, 7) is 5.14. The molecule has 2 nitrogen and oxygen atoms in total. The molecule has 2 aromatic rings. The molecule has 1 saturated carbocycles. The fourth-order valence-corrected chi connectivity index (χ4v) is 3.52. The van der Waals surface area contributed by atoms with E-state index in [1.165, 1.54) is 23.9 Å². The van der Waals surface area contributed by atoms with E-state index in [1.807, 2.05) is 18.7 Å². The standard InChI is InChI=1S/C15H19ClN2S/c1-10-4-5-13-12(8-10)17-14(11(2)16)18(13)9-15(19-3)6-7-15/h4-5,8,11H,6-7,9H2,1-3H3. The zero-order valence-electron chi connectivity index (χ0n) is 11.6. The van der Waals surface area contributed by atoms with Crippen LogP contribution >= 0.6 is 23.4 Å². The van der Waals surface area contributed by atoms with Gasteiger partial charge in [-0.1, -0.05) is 6.07 Å². The van der Waals surface area contributed by atoms with E-state index in [0.717, 1.165) is 17.9 Å². The lowest BCUT2D eigenvalue weighted by Gasteiger charge is -2.17. The maximum atomic E-state index is 6.32. The minimum Gasteiger partial charge on any atom is -0.325 e. The van der Waals surface area contributed by atoms with Gasteiger partial charge in [-0.15, -0.1) is 11.6 Å². The summed E-state index contributed by atoms with van der Waals surface area (Å²) in [5.74, 6) is 1.00.